The molecule has 1 aliphatic rings. The van der Waals surface area contributed by atoms with Crippen molar-refractivity contribution in [3.05, 3.63) is 0 Å². The van der Waals surface area contributed by atoms with E-state index in [1.54, 1.807) is 0 Å². The summed E-state index contributed by atoms with van der Waals surface area (Å²) < 4.78 is 0. The van der Waals surface area contributed by atoms with Crippen LogP contribution in [0, 0.1) is 0 Å². The first-order valence-corrected chi connectivity index (χ1v) is 5.39. The molecule has 7 heteroatoms. The van der Waals surface area contributed by atoms with Crippen LogP contribution in [0.5, 0.6) is 0 Å². The normalized spacial score (nSPS) is 16.6. The Hall–Kier alpha value is -0.850. The average Bonchev–Trinajstić information content (AvgIpc) is 3.02. The van der Waals surface area contributed by atoms with Gasteiger partial charge in [0.05, 0.1) is 0 Å². The van der Waals surface area contributed by atoms with Crippen LogP contribution in [0.2, 0.25) is 0 Å². The fraction of sp³-hybridized carbons (Fsp3) is 0.800. The highest BCUT2D eigenvalue weighted by atomic mass is 35.5. The number of aliphatic hydroxyl groups is 1. The summed E-state index contributed by atoms with van der Waals surface area (Å²) in [6, 6.07) is -0.106. The van der Waals surface area contributed by atoms with Gasteiger partial charge in [-0.15, -0.1) is 12.4 Å². The van der Waals surface area contributed by atoms with E-state index in [-0.39, 0.29) is 12.4 Å². The zero-order valence-corrected chi connectivity index (χ0v) is 10.7. The number of halogens is 1. The van der Waals surface area contributed by atoms with Crippen molar-refractivity contribution in [3.63, 3.8) is 0 Å². The highest BCUT2D eigenvalue weighted by Crippen LogP contribution is 2.17. The third-order valence-electron chi connectivity index (χ3n) is 2.16. The van der Waals surface area contributed by atoms with Crippen molar-refractivity contribution in [1.29, 1.82) is 0 Å². The number of carboxylic acids is 1. The monoisotopic (exact) mass is 268 g/mol. The smallest absolute Gasteiger partial charge is 0.334 e. The van der Waals surface area contributed by atoms with Crippen molar-refractivity contribution in [3.8, 4) is 0 Å². The molecule has 0 saturated heterocycles. The Balaban J connectivity index is 0. The van der Waals surface area contributed by atoms with Gasteiger partial charge < -0.3 is 21.3 Å². The molecular formula is C10H21ClN2O4. The lowest BCUT2D eigenvalue weighted by molar-refractivity contribution is -0.147. The molecule has 1 aliphatic carbocycles. The second kappa shape index (κ2) is 10.3. The molecule has 1 amide bonds. The Morgan fingerprint density at radius 3 is 2.35 bits per heavy atom. The molecule has 1 rings (SSSR count). The number of amides is 1. The molecule has 0 bridgehead atoms. The Bertz CT molecular complexity index is 224. The number of carbonyl (C=O) groups is 2. The van der Waals surface area contributed by atoms with Crippen LogP contribution in [0.4, 0.5) is 0 Å². The van der Waals surface area contributed by atoms with Gasteiger partial charge in [0.2, 0.25) is 6.41 Å². The SMILES string of the molecule is CCCC(N)C(O)C(=O)O.Cl.O=CNC1CC1. The summed E-state index contributed by atoms with van der Waals surface area (Å²) in [5.41, 5.74) is 5.30. The van der Waals surface area contributed by atoms with Gasteiger partial charge in [-0.05, 0) is 19.3 Å². The lowest BCUT2D eigenvalue weighted by Gasteiger charge is -2.12. The first kappa shape index (κ1) is 18.5. The van der Waals surface area contributed by atoms with Crippen LogP contribution in [0.25, 0.3) is 0 Å². The first-order valence-electron chi connectivity index (χ1n) is 5.39. The van der Waals surface area contributed by atoms with E-state index >= 15 is 0 Å². The van der Waals surface area contributed by atoms with Gasteiger partial charge in [-0.1, -0.05) is 13.3 Å². The fourth-order valence-electron chi connectivity index (χ4n) is 1.02. The number of aliphatic carboxylic acids is 1. The van der Waals surface area contributed by atoms with Gasteiger partial charge in [0.1, 0.15) is 0 Å². The predicted octanol–water partition coefficient (Wildman–Crippen LogP) is -0.124. The zero-order valence-electron chi connectivity index (χ0n) is 9.83. The van der Waals surface area contributed by atoms with Crippen molar-refractivity contribution in [2.45, 2.75) is 50.8 Å². The van der Waals surface area contributed by atoms with Gasteiger partial charge in [0.25, 0.3) is 0 Å². The molecule has 5 N–H and O–H groups in total. The van der Waals surface area contributed by atoms with Gasteiger partial charge in [0, 0.05) is 12.1 Å². The number of nitrogens with one attached hydrogen (secondary N) is 1. The van der Waals surface area contributed by atoms with Gasteiger partial charge in [-0.25, -0.2) is 4.79 Å². The molecular weight excluding hydrogens is 248 g/mol. The molecule has 0 spiro atoms. The fourth-order valence-corrected chi connectivity index (χ4v) is 1.02. The summed E-state index contributed by atoms with van der Waals surface area (Å²) in [6.45, 7) is 1.88. The summed E-state index contributed by atoms with van der Waals surface area (Å²) in [7, 11) is 0. The molecule has 0 aromatic heterocycles. The van der Waals surface area contributed by atoms with Crippen LogP contribution in [-0.2, 0) is 9.59 Å². The van der Waals surface area contributed by atoms with Gasteiger partial charge in [-0.3, -0.25) is 4.79 Å². The quantitative estimate of drug-likeness (QED) is 0.502. The molecule has 0 aromatic rings. The minimum Gasteiger partial charge on any atom is -0.479 e. The number of hydrogen-bond acceptors (Lipinski definition) is 4. The molecule has 0 aliphatic heterocycles. The van der Waals surface area contributed by atoms with E-state index in [2.05, 4.69) is 5.32 Å². The van der Waals surface area contributed by atoms with E-state index in [1.807, 2.05) is 6.92 Å². The maximum absolute atomic E-state index is 10.1. The molecule has 0 radical (unpaired) electrons. The molecule has 1 fully saturated rings. The van der Waals surface area contributed by atoms with E-state index < -0.39 is 18.1 Å². The Morgan fingerprint density at radius 2 is 2.12 bits per heavy atom. The summed E-state index contributed by atoms with van der Waals surface area (Å²) in [6.07, 6.45) is 3.02. The summed E-state index contributed by atoms with van der Waals surface area (Å²) in [5, 5.41) is 19.7. The van der Waals surface area contributed by atoms with E-state index in [1.165, 1.54) is 12.8 Å². The van der Waals surface area contributed by atoms with Crippen LogP contribution in [0.3, 0.4) is 0 Å². The van der Waals surface area contributed by atoms with E-state index in [0.29, 0.717) is 12.5 Å². The first-order chi connectivity index (χ1) is 7.52. The topological polar surface area (TPSA) is 113 Å². The molecule has 17 heavy (non-hydrogen) atoms. The predicted molar refractivity (Wildman–Crippen MR) is 66.0 cm³/mol. The zero-order chi connectivity index (χ0) is 12.6. The summed E-state index contributed by atoms with van der Waals surface area (Å²) in [4.78, 5) is 19.6. The highest BCUT2D eigenvalue weighted by Gasteiger charge is 2.20. The molecule has 2 unspecified atom stereocenters. The van der Waals surface area contributed by atoms with E-state index in [4.69, 9.17) is 15.9 Å². The third kappa shape index (κ3) is 10.0. The average molecular weight is 269 g/mol. The lowest BCUT2D eigenvalue weighted by Crippen LogP contribution is -2.40. The molecule has 0 aromatic carbocycles. The van der Waals surface area contributed by atoms with Gasteiger partial charge >= 0.3 is 5.97 Å². The minimum absolute atomic E-state index is 0. The highest BCUT2D eigenvalue weighted by molar-refractivity contribution is 5.85. The van der Waals surface area contributed by atoms with Crippen molar-refractivity contribution >= 4 is 24.8 Å². The Kier molecular flexibility index (Phi) is 11.2. The second-order valence-corrected chi connectivity index (χ2v) is 3.79. The number of nitrogens with two attached hydrogens (primary N) is 1. The number of aliphatic hydroxyl groups excluding tert-OH is 1. The maximum Gasteiger partial charge on any atom is 0.334 e. The van der Waals surface area contributed by atoms with Crippen molar-refractivity contribution < 1.29 is 19.8 Å². The van der Waals surface area contributed by atoms with Crippen LogP contribution >= 0.6 is 12.4 Å². The number of carboxylic acid groups (broad SMARTS) is 1. The van der Waals surface area contributed by atoms with Crippen molar-refractivity contribution in [2.75, 3.05) is 0 Å². The van der Waals surface area contributed by atoms with Gasteiger partial charge in [-0.2, -0.15) is 0 Å². The summed E-state index contributed by atoms with van der Waals surface area (Å²) in [5.74, 6) is -1.25. The maximum atomic E-state index is 10.1. The number of rotatable bonds is 6. The lowest BCUT2D eigenvalue weighted by atomic mass is 10.1. The molecule has 1 saturated carbocycles. The van der Waals surface area contributed by atoms with Gasteiger partial charge in [0.15, 0.2) is 6.10 Å². The molecule has 6 nitrogen and oxygen atoms in total. The Morgan fingerprint density at radius 1 is 1.59 bits per heavy atom. The minimum atomic E-state index is -1.42. The molecule has 2 atom stereocenters. The van der Waals surface area contributed by atoms with Crippen LogP contribution < -0.4 is 11.1 Å². The number of carbonyl (C=O) groups excluding carboxylic acids is 1. The third-order valence-corrected chi connectivity index (χ3v) is 2.16. The molecule has 102 valence electrons. The summed E-state index contributed by atoms with van der Waals surface area (Å²) >= 11 is 0. The number of hydrogen-bond donors (Lipinski definition) is 4. The van der Waals surface area contributed by atoms with Crippen LogP contribution in [0.1, 0.15) is 32.6 Å². The van der Waals surface area contributed by atoms with Crippen LogP contribution in [0.15, 0.2) is 0 Å². The van der Waals surface area contributed by atoms with E-state index in [9.17, 15) is 9.59 Å². The van der Waals surface area contributed by atoms with Crippen molar-refractivity contribution in [1.82, 2.24) is 5.32 Å². The Labute approximate surface area is 107 Å². The second-order valence-electron chi connectivity index (χ2n) is 3.79. The standard InChI is InChI=1S/C6H13NO3.C4H7NO.ClH/c1-2-3-4(7)5(8)6(9)10;6-3-5-4-1-2-4;/h4-5,8H,2-3,7H2,1H3,(H,9,10);3-4H,1-2H2,(H,5,6);1H. The van der Waals surface area contributed by atoms with E-state index in [0.717, 1.165) is 12.8 Å². The molecule has 0 heterocycles. The van der Waals surface area contributed by atoms with Crippen LogP contribution in [-0.4, -0.2) is 40.8 Å². The largest absolute Gasteiger partial charge is 0.479 e. The van der Waals surface area contributed by atoms with Crippen molar-refractivity contribution in [2.24, 2.45) is 5.73 Å².